The van der Waals surface area contributed by atoms with E-state index in [1.807, 2.05) is 30.3 Å². The van der Waals surface area contributed by atoms with E-state index in [9.17, 15) is 0 Å². The highest BCUT2D eigenvalue weighted by Gasteiger charge is 2.21. The van der Waals surface area contributed by atoms with Gasteiger partial charge in [0.1, 0.15) is 5.84 Å². The van der Waals surface area contributed by atoms with Crippen LogP contribution in [0, 0.1) is 5.41 Å². The van der Waals surface area contributed by atoms with Crippen molar-refractivity contribution in [2.45, 2.75) is 12.8 Å². The maximum atomic E-state index is 9.04. The Labute approximate surface area is 284 Å². The third-order valence-electron chi connectivity index (χ3n) is 9.67. The van der Waals surface area contributed by atoms with Gasteiger partial charge < -0.3 is 14.9 Å². The third kappa shape index (κ3) is 4.78. The van der Waals surface area contributed by atoms with Gasteiger partial charge in [0.15, 0.2) is 5.84 Å². The highest BCUT2D eigenvalue weighted by molar-refractivity contribution is 6.11. The van der Waals surface area contributed by atoms with Crippen LogP contribution in [0.1, 0.15) is 28.8 Å². The van der Waals surface area contributed by atoms with Crippen molar-refractivity contribution in [2.75, 3.05) is 0 Å². The zero-order valence-corrected chi connectivity index (χ0v) is 26.8. The number of nitrogens with zero attached hydrogens (tertiary/aromatic N) is 3. The summed E-state index contributed by atoms with van der Waals surface area (Å²) in [7, 11) is 0. The molecule has 1 aliphatic carbocycles. The number of aryl methyl sites for hydroxylation is 1. The molecule has 2 aromatic heterocycles. The number of para-hydroxylation sites is 3. The Morgan fingerprint density at radius 1 is 0.612 bits per heavy atom. The number of benzene rings is 6. The first-order valence-corrected chi connectivity index (χ1v) is 16.7. The smallest absolute Gasteiger partial charge is 0.154 e. The molecule has 0 spiro atoms. The fourth-order valence-corrected chi connectivity index (χ4v) is 7.43. The van der Waals surface area contributed by atoms with Crippen LogP contribution in [0.25, 0.3) is 61.3 Å². The van der Waals surface area contributed by atoms with E-state index in [0.29, 0.717) is 11.4 Å². The first-order valence-electron chi connectivity index (χ1n) is 16.7. The summed E-state index contributed by atoms with van der Waals surface area (Å²) >= 11 is 0. The molecule has 2 heterocycles. The standard InChI is InChI=1S/C44H33N5/c45-43(30-15-12-16-32(27-30)48-38-21-8-4-17-33(38)34-18-5-9-22-39(34)48)47-44(46)31-25-26-42(37(28-31)29-13-2-1-3-14-29)49-40-23-10-6-19-35(40)36-20-7-11-24-41(36)49/h1-6,8-19,21-28H,7,20H2,(H3,45,46,47). The van der Waals surface area contributed by atoms with E-state index in [4.69, 9.17) is 11.1 Å². The van der Waals surface area contributed by atoms with Crippen LogP contribution in [0.3, 0.4) is 0 Å². The van der Waals surface area contributed by atoms with Gasteiger partial charge >= 0.3 is 0 Å². The number of allylic oxidation sites excluding steroid dienone is 1. The summed E-state index contributed by atoms with van der Waals surface area (Å²) in [6, 6.07) is 50.2. The predicted molar refractivity (Wildman–Crippen MR) is 204 cm³/mol. The first-order chi connectivity index (χ1) is 24.2. The minimum absolute atomic E-state index is 0.112. The summed E-state index contributed by atoms with van der Waals surface area (Å²) in [6.45, 7) is 0. The molecule has 0 saturated heterocycles. The number of aliphatic imine (C=N–C) groups is 1. The number of aromatic nitrogens is 2. The number of hydrogen-bond acceptors (Lipinski definition) is 1. The zero-order chi connectivity index (χ0) is 32.9. The molecule has 0 unspecified atom stereocenters. The normalized spacial score (nSPS) is 12.9. The van der Waals surface area contributed by atoms with Crippen molar-refractivity contribution in [3.05, 3.63) is 174 Å². The van der Waals surface area contributed by atoms with Crippen molar-refractivity contribution in [3.8, 4) is 22.5 Å². The average molecular weight is 632 g/mol. The fraction of sp³-hybridized carbons (Fsp3) is 0.0455. The van der Waals surface area contributed by atoms with E-state index in [-0.39, 0.29) is 5.84 Å². The quantitative estimate of drug-likeness (QED) is 0.144. The van der Waals surface area contributed by atoms with Crippen molar-refractivity contribution in [3.63, 3.8) is 0 Å². The van der Waals surface area contributed by atoms with Crippen molar-refractivity contribution in [1.29, 1.82) is 5.41 Å². The molecular formula is C44H33N5. The second-order valence-corrected chi connectivity index (χ2v) is 12.5. The summed E-state index contributed by atoms with van der Waals surface area (Å²) in [6.07, 6.45) is 6.59. The molecule has 0 radical (unpaired) electrons. The molecule has 5 nitrogen and oxygen atoms in total. The maximum absolute atomic E-state index is 9.04. The second-order valence-electron chi connectivity index (χ2n) is 12.5. The van der Waals surface area contributed by atoms with Crippen LogP contribution in [-0.4, -0.2) is 20.8 Å². The van der Waals surface area contributed by atoms with E-state index in [1.54, 1.807) is 0 Å². The van der Waals surface area contributed by atoms with Gasteiger partial charge in [-0.3, -0.25) is 5.41 Å². The van der Waals surface area contributed by atoms with Crippen LogP contribution in [0.5, 0.6) is 0 Å². The lowest BCUT2D eigenvalue weighted by atomic mass is 9.99. The molecule has 0 saturated carbocycles. The molecule has 6 aromatic carbocycles. The summed E-state index contributed by atoms with van der Waals surface area (Å²) in [5, 5.41) is 12.7. The Bertz CT molecular complexity index is 2580. The molecule has 0 atom stereocenters. The zero-order valence-electron chi connectivity index (χ0n) is 26.8. The molecular weight excluding hydrogens is 599 g/mol. The Morgan fingerprint density at radius 2 is 1.27 bits per heavy atom. The van der Waals surface area contributed by atoms with Gasteiger partial charge in [0.05, 0.1) is 22.2 Å². The van der Waals surface area contributed by atoms with E-state index >= 15 is 0 Å². The van der Waals surface area contributed by atoms with E-state index < -0.39 is 0 Å². The van der Waals surface area contributed by atoms with Gasteiger partial charge in [-0.1, -0.05) is 103 Å². The van der Waals surface area contributed by atoms with Gasteiger partial charge in [0, 0.05) is 44.2 Å². The van der Waals surface area contributed by atoms with Crippen molar-refractivity contribution in [1.82, 2.24) is 9.13 Å². The van der Waals surface area contributed by atoms with Crippen molar-refractivity contribution < 1.29 is 0 Å². The highest BCUT2D eigenvalue weighted by Crippen LogP contribution is 2.38. The Morgan fingerprint density at radius 3 is 2.00 bits per heavy atom. The van der Waals surface area contributed by atoms with E-state index in [1.165, 1.54) is 32.9 Å². The van der Waals surface area contributed by atoms with Crippen LogP contribution in [0.2, 0.25) is 0 Å². The third-order valence-corrected chi connectivity index (χ3v) is 9.67. The minimum atomic E-state index is 0.112. The molecule has 3 N–H and O–H groups in total. The van der Waals surface area contributed by atoms with Gasteiger partial charge in [-0.05, 0) is 78.6 Å². The Balaban J connectivity index is 1.13. The molecule has 1 aliphatic rings. The van der Waals surface area contributed by atoms with Crippen LogP contribution in [0.15, 0.2) is 157 Å². The molecule has 0 aliphatic heterocycles. The number of fused-ring (bicyclic) bond motifs is 6. The SMILES string of the molecule is N=C(/N=C(\N)c1ccc(-n2c3c(c4ccccc42)CCC=C3)c(-c2ccccc2)c1)c1cccc(-n2c3ccccc3c3ccccc32)c1. The van der Waals surface area contributed by atoms with Gasteiger partial charge in [-0.25, -0.2) is 4.99 Å². The minimum Gasteiger partial charge on any atom is -0.383 e. The lowest BCUT2D eigenvalue weighted by Gasteiger charge is -2.17. The topological polar surface area (TPSA) is 72.1 Å². The lowest BCUT2D eigenvalue weighted by molar-refractivity contribution is 0.968. The molecule has 9 rings (SSSR count). The Kier molecular flexibility index (Phi) is 6.83. The second kappa shape index (κ2) is 11.7. The summed E-state index contributed by atoms with van der Waals surface area (Å²) in [4.78, 5) is 4.66. The monoisotopic (exact) mass is 631 g/mol. The predicted octanol–water partition coefficient (Wildman–Crippen LogP) is 10.1. The summed E-state index contributed by atoms with van der Waals surface area (Å²) in [5.41, 5.74) is 18.4. The van der Waals surface area contributed by atoms with Crippen LogP contribution in [0.4, 0.5) is 0 Å². The number of nitrogens with two attached hydrogens (primary N) is 1. The molecule has 8 aromatic rings. The number of rotatable bonds is 5. The largest absolute Gasteiger partial charge is 0.383 e. The maximum Gasteiger partial charge on any atom is 0.154 e. The van der Waals surface area contributed by atoms with Crippen LogP contribution >= 0.6 is 0 Å². The molecule has 234 valence electrons. The van der Waals surface area contributed by atoms with E-state index in [2.05, 4.69) is 142 Å². The molecule has 0 bridgehead atoms. The molecule has 5 heteroatoms. The highest BCUT2D eigenvalue weighted by atomic mass is 15.0. The van der Waals surface area contributed by atoms with Gasteiger partial charge in [-0.2, -0.15) is 0 Å². The van der Waals surface area contributed by atoms with Gasteiger partial charge in [0.25, 0.3) is 0 Å². The van der Waals surface area contributed by atoms with Crippen molar-refractivity contribution >= 4 is 50.5 Å². The number of nitrogens with one attached hydrogen (secondary N) is 1. The Hall–Kier alpha value is -6.46. The summed E-state index contributed by atoms with van der Waals surface area (Å²) in [5.74, 6) is 0.413. The number of amidine groups is 2. The first kappa shape index (κ1) is 28.7. The molecule has 0 amide bonds. The lowest BCUT2D eigenvalue weighted by Crippen LogP contribution is -2.16. The molecule has 49 heavy (non-hydrogen) atoms. The van der Waals surface area contributed by atoms with Gasteiger partial charge in [0.2, 0.25) is 0 Å². The van der Waals surface area contributed by atoms with Crippen LogP contribution in [-0.2, 0) is 6.42 Å². The molecule has 0 fully saturated rings. The average Bonchev–Trinajstić information content (AvgIpc) is 3.68. The van der Waals surface area contributed by atoms with Gasteiger partial charge in [-0.15, -0.1) is 0 Å². The van der Waals surface area contributed by atoms with Crippen LogP contribution < -0.4 is 5.73 Å². The fourth-order valence-electron chi connectivity index (χ4n) is 7.43. The number of hydrogen-bond donors (Lipinski definition) is 2. The van der Waals surface area contributed by atoms with Crippen molar-refractivity contribution in [2.24, 2.45) is 10.7 Å². The van der Waals surface area contributed by atoms with E-state index in [0.717, 1.165) is 51.9 Å². The summed E-state index contributed by atoms with van der Waals surface area (Å²) < 4.78 is 4.63.